The Bertz CT molecular complexity index is 8.04. The molecule has 0 saturated heterocycles. The van der Waals surface area contributed by atoms with E-state index in [-0.39, 0.29) is 130 Å². The molecule has 0 rings (SSSR count). The fraction of sp³-hybridized carbons (Fsp3) is 0. The Morgan fingerprint density at radius 3 is 0.429 bits per heavy atom. The van der Waals surface area contributed by atoms with Crippen LogP contribution in [0.1, 0.15) is 0 Å². The standard InChI is InChI=1S/5BrH.Li.Zr/h5*1H;;/q;;;;;+1;+4/p-5. The summed E-state index contributed by atoms with van der Waals surface area (Å²) in [6.07, 6.45) is 0. The van der Waals surface area contributed by atoms with E-state index in [9.17, 15) is 0 Å². The second-order valence-corrected chi connectivity index (χ2v) is 0. The third-order valence-corrected chi connectivity index (χ3v) is 0. The van der Waals surface area contributed by atoms with E-state index in [2.05, 4.69) is 0 Å². The van der Waals surface area contributed by atoms with Crippen LogP contribution in [-0.2, 0) is 26.2 Å². The largest absolute Gasteiger partial charge is 4.00 e. The summed E-state index contributed by atoms with van der Waals surface area (Å²) in [5, 5.41) is 0. The van der Waals surface area contributed by atoms with Gasteiger partial charge >= 0.3 is 45.1 Å². The average Bonchev–Trinajstić information content (AvgIpc) is 0. The van der Waals surface area contributed by atoms with Crippen LogP contribution in [0.3, 0.4) is 0 Å². The molecule has 0 aliphatic rings. The maximum absolute atomic E-state index is 0. The zero-order valence-electron chi connectivity index (χ0n) is 3.39. The minimum absolute atomic E-state index is 0. The van der Waals surface area contributed by atoms with E-state index >= 15 is 0 Å². The molecule has 0 aromatic heterocycles. The summed E-state index contributed by atoms with van der Waals surface area (Å²) in [5.41, 5.74) is 0. The molecule has 0 N–H and O–H groups in total. The normalized spacial score (nSPS) is 0. The smallest absolute Gasteiger partial charge is 1.00 e. The number of halogens is 5. The molecule has 0 radical (unpaired) electrons. The first-order valence-corrected chi connectivity index (χ1v) is 0. The van der Waals surface area contributed by atoms with Gasteiger partial charge in [-0.15, -0.1) is 0 Å². The molecule has 0 aliphatic heterocycles. The minimum atomic E-state index is 0. The fourth-order valence-corrected chi connectivity index (χ4v) is 0. The van der Waals surface area contributed by atoms with Crippen LogP contribution in [0.5, 0.6) is 0 Å². The van der Waals surface area contributed by atoms with Crippen molar-refractivity contribution in [3.63, 3.8) is 0 Å². The van der Waals surface area contributed by atoms with Gasteiger partial charge in [0, 0.05) is 0 Å². The maximum Gasteiger partial charge on any atom is 4.00 e. The molecule has 0 heterocycles. The molecule has 0 atom stereocenters. The van der Waals surface area contributed by atoms with E-state index in [0.717, 1.165) is 0 Å². The Labute approximate surface area is 127 Å². The molecule has 0 aliphatic carbocycles. The predicted octanol–water partition coefficient (Wildman–Crippen LogP) is -18.0. The Balaban J connectivity index is 0. The fourth-order valence-electron chi connectivity index (χ4n) is 0. The van der Waals surface area contributed by atoms with Gasteiger partial charge in [-0.05, 0) is 0 Å². The van der Waals surface area contributed by atoms with Crippen LogP contribution in [0.15, 0.2) is 0 Å². The summed E-state index contributed by atoms with van der Waals surface area (Å²) >= 11 is 0. The Hall–Kier alpha value is 3.88. The van der Waals surface area contributed by atoms with E-state index in [0.29, 0.717) is 0 Å². The van der Waals surface area contributed by atoms with Gasteiger partial charge < -0.3 is 84.9 Å². The zero-order chi connectivity index (χ0) is 0. The van der Waals surface area contributed by atoms with Crippen LogP contribution in [-0.4, -0.2) is 0 Å². The topological polar surface area (TPSA) is 0 Å². The van der Waals surface area contributed by atoms with Crippen molar-refractivity contribution in [1.82, 2.24) is 0 Å². The van der Waals surface area contributed by atoms with Crippen molar-refractivity contribution in [2.24, 2.45) is 0 Å². The van der Waals surface area contributed by atoms with E-state index in [1.54, 1.807) is 0 Å². The molecule has 7 heteroatoms. The Morgan fingerprint density at radius 1 is 0.429 bits per heavy atom. The molecule has 0 nitrogen and oxygen atoms in total. The van der Waals surface area contributed by atoms with Gasteiger partial charge in [-0.25, -0.2) is 0 Å². The van der Waals surface area contributed by atoms with Crippen molar-refractivity contribution in [1.29, 1.82) is 0 Å². The summed E-state index contributed by atoms with van der Waals surface area (Å²) in [6, 6.07) is 0. The molecule has 40 valence electrons. The second kappa shape index (κ2) is 51.7. The number of rotatable bonds is 0. The number of hydrogen-bond acceptors (Lipinski definition) is 0. The average molecular weight is 498 g/mol. The number of hydrogen-bond donors (Lipinski definition) is 0. The van der Waals surface area contributed by atoms with Gasteiger partial charge in [-0.1, -0.05) is 0 Å². The molecule has 0 fully saturated rings. The van der Waals surface area contributed by atoms with Gasteiger partial charge in [0.25, 0.3) is 0 Å². The van der Waals surface area contributed by atoms with Crippen molar-refractivity contribution in [2.75, 3.05) is 0 Å². The minimum Gasteiger partial charge on any atom is -1.00 e. The summed E-state index contributed by atoms with van der Waals surface area (Å²) in [6.45, 7) is 0. The van der Waals surface area contributed by atoms with E-state index < -0.39 is 0 Å². The van der Waals surface area contributed by atoms with Crippen LogP contribution in [0.25, 0.3) is 0 Å². The molecule has 0 amide bonds. The molecule has 0 aromatic rings. The van der Waals surface area contributed by atoms with Crippen LogP contribution in [0, 0.1) is 0 Å². The molecular weight excluding hydrogens is 498 g/mol. The van der Waals surface area contributed by atoms with Gasteiger partial charge in [0.15, 0.2) is 0 Å². The molecule has 0 bridgehead atoms. The van der Waals surface area contributed by atoms with Crippen LogP contribution in [0.2, 0.25) is 0 Å². The predicted molar refractivity (Wildman–Crippen MR) is 0 cm³/mol. The summed E-state index contributed by atoms with van der Waals surface area (Å²) in [5.74, 6) is 0. The third-order valence-electron chi connectivity index (χ3n) is 0. The summed E-state index contributed by atoms with van der Waals surface area (Å²) in [7, 11) is 0. The molecular formula is Br5LiZr. The van der Waals surface area contributed by atoms with Gasteiger partial charge in [0.2, 0.25) is 0 Å². The van der Waals surface area contributed by atoms with Crippen molar-refractivity contribution in [3.05, 3.63) is 0 Å². The van der Waals surface area contributed by atoms with Crippen molar-refractivity contribution in [2.45, 2.75) is 0 Å². The van der Waals surface area contributed by atoms with E-state index in [4.69, 9.17) is 0 Å². The SMILES string of the molecule is [Br-].[Br-].[Br-].[Br-].[Br-].[Li+].[Zr+4]. The Morgan fingerprint density at radius 2 is 0.429 bits per heavy atom. The van der Waals surface area contributed by atoms with Crippen molar-refractivity contribution >= 4 is 0 Å². The Kier molecular flexibility index (Phi) is 521. The van der Waals surface area contributed by atoms with E-state index in [1.807, 2.05) is 0 Å². The molecule has 0 aromatic carbocycles. The van der Waals surface area contributed by atoms with Gasteiger partial charge in [0.1, 0.15) is 0 Å². The first kappa shape index (κ1) is 70.5. The summed E-state index contributed by atoms with van der Waals surface area (Å²) in [4.78, 5) is 0. The first-order chi connectivity index (χ1) is 0. The van der Waals surface area contributed by atoms with Crippen molar-refractivity contribution < 1.29 is 130 Å². The molecule has 0 saturated carbocycles. The zero-order valence-corrected chi connectivity index (χ0v) is 13.8. The van der Waals surface area contributed by atoms with E-state index in [1.165, 1.54) is 0 Å². The van der Waals surface area contributed by atoms with Crippen LogP contribution in [0.4, 0.5) is 0 Å². The third kappa shape index (κ3) is 40.7. The second-order valence-electron chi connectivity index (χ2n) is 0. The van der Waals surface area contributed by atoms with Gasteiger partial charge in [-0.3, -0.25) is 0 Å². The monoisotopic (exact) mass is 492 g/mol. The molecule has 7 heavy (non-hydrogen) atoms. The van der Waals surface area contributed by atoms with Crippen LogP contribution >= 0.6 is 0 Å². The van der Waals surface area contributed by atoms with Gasteiger partial charge in [0.05, 0.1) is 0 Å². The molecule has 0 spiro atoms. The quantitative estimate of drug-likeness (QED) is 0.292. The molecule has 0 unspecified atom stereocenters. The maximum atomic E-state index is 0. The van der Waals surface area contributed by atoms with Crippen molar-refractivity contribution in [3.8, 4) is 0 Å². The first-order valence-electron chi connectivity index (χ1n) is 0. The van der Waals surface area contributed by atoms with Crippen LogP contribution < -0.4 is 104 Å². The summed E-state index contributed by atoms with van der Waals surface area (Å²) < 4.78 is 0. The van der Waals surface area contributed by atoms with Gasteiger partial charge in [-0.2, -0.15) is 0 Å².